The molecule has 0 radical (unpaired) electrons. The van der Waals surface area contributed by atoms with E-state index in [2.05, 4.69) is 9.62 Å². The van der Waals surface area contributed by atoms with Gasteiger partial charge in [-0.3, -0.25) is 0 Å². The van der Waals surface area contributed by atoms with Crippen LogP contribution in [-0.4, -0.2) is 28.1 Å². The van der Waals surface area contributed by atoms with Crippen LogP contribution in [0, 0.1) is 17.6 Å². The van der Waals surface area contributed by atoms with E-state index in [1.165, 1.54) is 0 Å². The fourth-order valence-corrected chi connectivity index (χ4v) is 4.06. The van der Waals surface area contributed by atoms with Crippen LogP contribution in [-0.2, 0) is 10.0 Å². The Kier molecular flexibility index (Phi) is 4.82. The second-order valence-corrected chi connectivity index (χ2v) is 7.60. The topological polar surface area (TPSA) is 49.4 Å². The Morgan fingerprint density at radius 1 is 1.12 bits per heavy atom. The third-order valence-electron chi connectivity index (χ3n) is 4.15. The number of hydrogen-bond acceptors (Lipinski definition) is 3. The lowest BCUT2D eigenvalue weighted by Crippen LogP contribution is -2.31. The number of para-hydroxylation sites is 1. The number of rotatable bonds is 5. The van der Waals surface area contributed by atoms with Crippen LogP contribution in [0.4, 0.5) is 14.5 Å². The third kappa shape index (κ3) is 3.73. The van der Waals surface area contributed by atoms with Gasteiger partial charge in [0.1, 0.15) is 16.5 Å². The summed E-state index contributed by atoms with van der Waals surface area (Å²) >= 11 is 0. The SMILES string of the molecule is O=S(=O)(NCC1CCN(c2ccccc2)C1)c1cc(F)ccc1F. The molecule has 4 nitrogen and oxygen atoms in total. The Labute approximate surface area is 140 Å². The summed E-state index contributed by atoms with van der Waals surface area (Å²) in [7, 11) is -4.07. The molecular weight excluding hydrogens is 334 g/mol. The Balaban J connectivity index is 1.63. The summed E-state index contributed by atoms with van der Waals surface area (Å²) in [5, 5.41) is 0. The highest BCUT2D eigenvalue weighted by Gasteiger charge is 2.26. The van der Waals surface area contributed by atoms with E-state index in [4.69, 9.17) is 0 Å². The highest BCUT2D eigenvalue weighted by atomic mass is 32.2. The van der Waals surface area contributed by atoms with Gasteiger partial charge >= 0.3 is 0 Å². The van der Waals surface area contributed by atoms with Crippen molar-refractivity contribution in [2.75, 3.05) is 24.5 Å². The van der Waals surface area contributed by atoms with Gasteiger partial charge in [0.2, 0.25) is 10.0 Å². The molecule has 3 rings (SSSR count). The number of sulfonamides is 1. The number of benzene rings is 2. The van der Waals surface area contributed by atoms with Crippen molar-refractivity contribution in [1.29, 1.82) is 0 Å². The van der Waals surface area contributed by atoms with Gasteiger partial charge in [-0.05, 0) is 42.7 Å². The number of anilines is 1. The third-order valence-corrected chi connectivity index (χ3v) is 5.59. The van der Waals surface area contributed by atoms with Crippen molar-refractivity contribution in [1.82, 2.24) is 4.72 Å². The van der Waals surface area contributed by atoms with E-state index in [-0.39, 0.29) is 12.5 Å². The molecule has 0 amide bonds. The van der Waals surface area contributed by atoms with E-state index in [9.17, 15) is 17.2 Å². The molecule has 0 spiro atoms. The van der Waals surface area contributed by atoms with Gasteiger partial charge in [0, 0.05) is 25.3 Å². The Bertz CT molecular complexity index is 813. The van der Waals surface area contributed by atoms with Crippen LogP contribution in [0.5, 0.6) is 0 Å². The summed E-state index contributed by atoms with van der Waals surface area (Å²) in [4.78, 5) is 1.53. The van der Waals surface area contributed by atoms with E-state index < -0.39 is 26.6 Å². The molecule has 2 aromatic rings. The zero-order chi connectivity index (χ0) is 17.2. The second kappa shape index (κ2) is 6.86. The summed E-state index contributed by atoms with van der Waals surface area (Å²) in [6, 6.07) is 12.3. The van der Waals surface area contributed by atoms with Crippen LogP contribution in [0.25, 0.3) is 0 Å². The summed E-state index contributed by atoms with van der Waals surface area (Å²) in [5.41, 5.74) is 1.10. The minimum atomic E-state index is -4.07. The number of hydrogen-bond donors (Lipinski definition) is 1. The van der Waals surface area contributed by atoms with E-state index in [0.29, 0.717) is 6.07 Å². The minimum Gasteiger partial charge on any atom is -0.371 e. The maximum Gasteiger partial charge on any atom is 0.243 e. The van der Waals surface area contributed by atoms with Crippen molar-refractivity contribution < 1.29 is 17.2 Å². The molecular formula is C17H18F2N2O2S. The number of nitrogens with zero attached hydrogens (tertiary/aromatic N) is 1. The second-order valence-electron chi connectivity index (χ2n) is 5.86. The lowest BCUT2D eigenvalue weighted by molar-refractivity contribution is 0.526. The van der Waals surface area contributed by atoms with Crippen molar-refractivity contribution in [3.8, 4) is 0 Å². The first-order chi connectivity index (χ1) is 11.5. The van der Waals surface area contributed by atoms with Crippen molar-refractivity contribution in [3.63, 3.8) is 0 Å². The molecule has 2 aromatic carbocycles. The standard InChI is InChI=1S/C17H18F2N2O2S/c18-14-6-7-16(19)17(10-14)24(22,23)20-11-13-8-9-21(12-13)15-4-2-1-3-5-15/h1-7,10,13,20H,8-9,11-12H2. The van der Waals surface area contributed by atoms with Crippen LogP contribution < -0.4 is 9.62 Å². The molecule has 1 unspecified atom stereocenters. The van der Waals surface area contributed by atoms with Gasteiger partial charge in [0.25, 0.3) is 0 Å². The first kappa shape index (κ1) is 16.9. The molecule has 1 fully saturated rings. The molecule has 128 valence electrons. The van der Waals surface area contributed by atoms with Crippen molar-refractivity contribution in [3.05, 3.63) is 60.2 Å². The van der Waals surface area contributed by atoms with E-state index >= 15 is 0 Å². The molecule has 1 aliphatic rings. The fourth-order valence-electron chi connectivity index (χ4n) is 2.86. The van der Waals surface area contributed by atoms with Gasteiger partial charge < -0.3 is 4.90 Å². The van der Waals surface area contributed by atoms with Gasteiger partial charge in [-0.2, -0.15) is 0 Å². The highest BCUT2D eigenvalue weighted by molar-refractivity contribution is 7.89. The highest BCUT2D eigenvalue weighted by Crippen LogP contribution is 2.23. The van der Waals surface area contributed by atoms with Crippen LogP contribution in [0.3, 0.4) is 0 Å². The monoisotopic (exact) mass is 352 g/mol. The molecule has 1 atom stereocenters. The largest absolute Gasteiger partial charge is 0.371 e. The lowest BCUT2D eigenvalue weighted by atomic mass is 10.1. The average molecular weight is 352 g/mol. The minimum absolute atomic E-state index is 0.122. The van der Waals surface area contributed by atoms with E-state index in [1.807, 2.05) is 30.3 Å². The smallest absolute Gasteiger partial charge is 0.243 e. The van der Waals surface area contributed by atoms with E-state index in [0.717, 1.165) is 37.3 Å². The van der Waals surface area contributed by atoms with E-state index in [1.54, 1.807) is 0 Å². The first-order valence-electron chi connectivity index (χ1n) is 7.70. The van der Waals surface area contributed by atoms with Crippen molar-refractivity contribution in [2.24, 2.45) is 5.92 Å². The summed E-state index contributed by atoms with van der Waals surface area (Å²) < 4.78 is 53.6. The molecule has 0 aliphatic carbocycles. The van der Waals surface area contributed by atoms with Gasteiger partial charge in [0.15, 0.2) is 0 Å². The molecule has 1 N–H and O–H groups in total. The van der Waals surface area contributed by atoms with Gasteiger partial charge in [-0.25, -0.2) is 21.9 Å². The van der Waals surface area contributed by atoms with Crippen LogP contribution in [0.2, 0.25) is 0 Å². The summed E-state index contributed by atoms with van der Waals surface area (Å²) in [6.07, 6.45) is 0.836. The molecule has 7 heteroatoms. The average Bonchev–Trinajstić information content (AvgIpc) is 3.05. The molecule has 0 bridgehead atoms. The van der Waals surface area contributed by atoms with Crippen molar-refractivity contribution >= 4 is 15.7 Å². The molecule has 24 heavy (non-hydrogen) atoms. The molecule has 1 aliphatic heterocycles. The van der Waals surface area contributed by atoms with Crippen molar-refractivity contribution in [2.45, 2.75) is 11.3 Å². The summed E-state index contributed by atoms with van der Waals surface area (Å²) in [5.74, 6) is -1.62. The van der Waals surface area contributed by atoms with Gasteiger partial charge in [-0.1, -0.05) is 18.2 Å². The maximum absolute atomic E-state index is 13.7. The molecule has 1 heterocycles. The molecule has 0 saturated carbocycles. The number of nitrogens with one attached hydrogen (secondary N) is 1. The zero-order valence-corrected chi connectivity index (χ0v) is 13.8. The Hall–Kier alpha value is -1.99. The van der Waals surface area contributed by atoms with Gasteiger partial charge in [0.05, 0.1) is 0 Å². The fraction of sp³-hybridized carbons (Fsp3) is 0.294. The lowest BCUT2D eigenvalue weighted by Gasteiger charge is -2.18. The predicted molar refractivity (Wildman–Crippen MR) is 88.3 cm³/mol. The summed E-state index contributed by atoms with van der Waals surface area (Å²) in [6.45, 7) is 1.75. The first-order valence-corrected chi connectivity index (χ1v) is 9.19. The quantitative estimate of drug-likeness (QED) is 0.900. The normalized spacial score (nSPS) is 18.1. The maximum atomic E-state index is 13.7. The Morgan fingerprint density at radius 2 is 1.88 bits per heavy atom. The Morgan fingerprint density at radius 3 is 2.62 bits per heavy atom. The van der Waals surface area contributed by atoms with Crippen LogP contribution in [0.15, 0.2) is 53.4 Å². The molecule has 1 saturated heterocycles. The zero-order valence-electron chi connectivity index (χ0n) is 13.0. The van der Waals surface area contributed by atoms with Crippen LogP contribution in [0.1, 0.15) is 6.42 Å². The molecule has 0 aromatic heterocycles. The van der Waals surface area contributed by atoms with Gasteiger partial charge in [-0.15, -0.1) is 0 Å². The predicted octanol–water partition coefficient (Wildman–Crippen LogP) is 2.77. The van der Waals surface area contributed by atoms with Crippen LogP contribution >= 0.6 is 0 Å². The number of halogens is 2.